The Bertz CT molecular complexity index is 1530. The normalized spacial score (nSPS) is 11.0. The van der Waals surface area contributed by atoms with E-state index in [-0.39, 0.29) is 18.1 Å². The van der Waals surface area contributed by atoms with Crippen LogP contribution in [0.15, 0.2) is 83.8 Å². The highest BCUT2D eigenvalue weighted by atomic mass is 19.1. The number of benzene rings is 3. The Labute approximate surface area is 194 Å². The minimum Gasteiger partial charge on any atom is -0.472 e. The van der Waals surface area contributed by atoms with E-state index in [1.165, 1.54) is 20.1 Å². The standard InChI is InChI=1S/C25H21FN6O2/c1-17-8-7-10-18(19-9-3-5-12-22(19)32-25(33)30(2)28-29-32)20(17)16-34-24-14-15-31(27-24)23-13-6-4-11-21(23)26/h3-15H,16H2,1-2H3. The SMILES string of the molecule is Cc1cccc(-c2ccccc2-n2nnn(C)c2=O)c1COc1ccn(-c2ccccc2F)n1. The summed E-state index contributed by atoms with van der Waals surface area (Å²) in [6.07, 6.45) is 1.66. The van der Waals surface area contributed by atoms with E-state index in [1.54, 1.807) is 37.5 Å². The van der Waals surface area contributed by atoms with E-state index < -0.39 is 0 Å². The summed E-state index contributed by atoms with van der Waals surface area (Å²) in [6.45, 7) is 2.23. The number of nitrogens with zero attached hydrogens (tertiary/aromatic N) is 6. The van der Waals surface area contributed by atoms with E-state index in [9.17, 15) is 9.18 Å². The second-order valence-electron chi connectivity index (χ2n) is 7.75. The highest BCUT2D eigenvalue weighted by Crippen LogP contribution is 2.31. The van der Waals surface area contributed by atoms with Crippen LogP contribution < -0.4 is 10.4 Å². The largest absolute Gasteiger partial charge is 0.472 e. The number of tetrazole rings is 1. The molecule has 2 heterocycles. The predicted octanol–water partition coefficient (Wildman–Crippen LogP) is 3.85. The topological polar surface area (TPSA) is 79.8 Å². The number of aromatic nitrogens is 6. The maximum absolute atomic E-state index is 14.1. The molecule has 0 unspecified atom stereocenters. The third-order valence-electron chi connectivity index (χ3n) is 5.58. The average molecular weight is 456 g/mol. The van der Waals surface area contributed by atoms with Crippen LogP contribution in [0, 0.1) is 12.7 Å². The lowest BCUT2D eigenvalue weighted by molar-refractivity contribution is 0.291. The molecular formula is C25H21FN6O2. The Hall–Kier alpha value is -4.53. The van der Waals surface area contributed by atoms with Gasteiger partial charge in [-0.15, -0.1) is 5.10 Å². The Morgan fingerprint density at radius 1 is 0.882 bits per heavy atom. The smallest absolute Gasteiger partial charge is 0.368 e. The first-order chi connectivity index (χ1) is 16.5. The van der Waals surface area contributed by atoms with Crippen molar-refractivity contribution in [3.63, 3.8) is 0 Å². The van der Waals surface area contributed by atoms with E-state index >= 15 is 0 Å². The number of aryl methyl sites for hydroxylation is 2. The van der Waals surface area contributed by atoms with Gasteiger partial charge in [-0.1, -0.05) is 48.5 Å². The van der Waals surface area contributed by atoms with Crippen molar-refractivity contribution in [2.24, 2.45) is 7.05 Å². The molecule has 0 fully saturated rings. The minimum atomic E-state index is -0.366. The van der Waals surface area contributed by atoms with Crippen molar-refractivity contribution in [1.29, 1.82) is 0 Å². The number of ether oxygens (including phenoxy) is 1. The Morgan fingerprint density at radius 2 is 1.62 bits per heavy atom. The van der Waals surface area contributed by atoms with Gasteiger partial charge >= 0.3 is 5.69 Å². The van der Waals surface area contributed by atoms with Gasteiger partial charge in [0.2, 0.25) is 5.88 Å². The van der Waals surface area contributed by atoms with Crippen LogP contribution in [0.1, 0.15) is 11.1 Å². The molecule has 34 heavy (non-hydrogen) atoms. The van der Waals surface area contributed by atoms with Gasteiger partial charge in [-0.05, 0) is 46.7 Å². The second kappa shape index (κ2) is 8.78. The molecule has 2 aromatic heterocycles. The average Bonchev–Trinajstić information content (AvgIpc) is 3.45. The fraction of sp³-hybridized carbons (Fsp3) is 0.120. The first-order valence-corrected chi connectivity index (χ1v) is 10.6. The third kappa shape index (κ3) is 3.88. The van der Waals surface area contributed by atoms with Gasteiger partial charge < -0.3 is 4.74 Å². The van der Waals surface area contributed by atoms with E-state index in [0.717, 1.165) is 22.3 Å². The first-order valence-electron chi connectivity index (χ1n) is 10.6. The molecule has 0 N–H and O–H groups in total. The van der Waals surface area contributed by atoms with Crippen molar-refractivity contribution in [1.82, 2.24) is 29.6 Å². The molecule has 0 bridgehead atoms. The number of para-hydroxylation sites is 2. The molecule has 0 radical (unpaired) electrons. The number of rotatable bonds is 6. The summed E-state index contributed by atoms with van der Waals surface area (Å²) in [6, 6.07) is 21.6. The summed E-state index contributed by atoms with van der Waals surface area (Å²) >= 11 is 0. The summed E-state index contributed by atoms with van der Waals surface area (Å²) in [4.78, 5) is 12.5. The second-order valence-corrected chi connectivity index (χ2v) is 7.75. The zero-order valence-corrected chi connectivity index (χ0v) is 18.6. The van der Waals surface area contributed by atoms with E-state index in [1.807, 2.05) is 49.4 Å². The maximum atomic E-state index is 14.1. The minimum absolute atomic E-state index is 0.236. The molecule has 0 aliphatic heterocycles. The number of hydrogen-bond donors (Lipinski definition) is 0. The van der Waals surface area contributed by atoms with Crippen LogP contribution in [0.5, 0.6) is 5.88 Å². The van der Waals surface area contributed by atoms with Crippen molar-refractivity contribution in [3.05, 3.63) is 106 Å². The molecule has 3 aromatic carbocycles. The van der Waals surface area contributed by atoms with Crippen molar-refractivity contribution in [2.75, 3.05) is 0 Å². The monoisotopic (exact) mass is 456 g/mol. The summed E-state index contributed by atoms with van der Waals surface area (Å²) in [5.74, 6) is 0.00471. The summed E-state index contributed by atoms with van der Waals surface area (Å²) in [5.41, 5.74) is 4.32. The zero-order chi connectivity index (χ0) is 23.7. The third-order valence-corrected chi connectivity index (χ3v) is 5.58. The van der Waals surface area contributed by atoms with Crippen LogP contribution in [0.4, 0.5) is 4.39 Å². The molecule has 0 amide bonds. The predicted molar refractivity (Wildman–Crippen MR) is 125 cm³/mol. The molecule has 8 nitrogen and oxygen atoms in total. The van der Waals surface area contributed by atoms with Crippen LogP contribution in [0.3, 0.4) is 0 Å². The Kier molecular flexibility index (Phi) is 5.51. The van der Waals surface area contributed by atoms with Gasteiger partial charge in [-0.3, -0.25) is 0 Å². The van der Waals surface area contributed by atoms with Crippen molar-refractivity contribution in [3.8, 4) is 28.4 Å². The fourth-order valence-corrected chi connectivity index (χ4v) is 3.80. The molecular weight excluding hydrogens is 435 g/mol. The summed E-state index contributed by atoms with van der Waals surface area (Å²) < 4.78 is 24.0. The number of halogens is 1. The molecule has 0 saturated heterocycles. The van der Waals surface area contributed by atoms with Gasteiger partial charge in [0.15, 0.2) is 0 Å². The van der Waals surface area contributed by atoms with Crippen LogP contribution in [0.2, 0.25) is 0 Å². The van der Waals surface area contributed by atoms with E-state index in [0.29, 0.717) is 17.3 Å². The molecule has 0 spiro atoms. The molecule has 0 aliphatic rings. The first kappa shape index (κ1) is 21.3. The molecule has 0 saturated carbocycles. The van der Waals surface area contributed by atoms with Gasteiger partial charge in [-0.2, -0.15) is 9.36 Å². The lowest BCUT2D eigenvalue weighted by Crippen LogP contribution is -2.22. The fourth-order valence-electron chi connectivity index (χ4n) is 3.80. The highest BCUT2D eigenvalue weighted by Gasteiger charge is 2.16. The van der Waals surface area contributed by atoms with Gasteiger partial charge in [0.25, 0.3) is 0 Å². The highest BCUT2D eigenvalue weighted by molar-refractivity contribution is 5.76. The lowest BCUT2D eigenvalue weighted by atomic mass is 9.95. The van der Waals surface area contributed by atoms with Gasteiger partial charge in [-0.25, -0.2) is 13.9 Å². The van der Waals surface area contributed by atoms with Crippen molar-refractivity contribution >= 4 is 0 Å². The van der Waals surface area contributed by atoms with Crippen LogP contribution in [0.25, 0.3) is 22.5 Å². The van der Waals surface area contributed by atoms with E-state index in [4.69, 9.17) is 4.74 Å². The molecule has 0 atom stereocenters. The van der Waals surface area contributed by atoms with Gasteiger partial charge in [0.05, 0.1) is 5.69 Å². The molecule has 170 valence electrons. The molecule has 0 aliphatic carbocycles. The van der Waals surface area contributed by atoms with Crippen LogP contribution >= 0.6 is 0 Å². The van der Waals surface area contributed by atoms with Crippen molar-refractivity contribution < 1.29 is 9.13 Å². The summed E-state index contributed by atoms with van der Waals surface area (Å²) in [7, 11) is 1.56. The number of hydrogen-bond acceptors (Lipinski definition) is 5. The van der Waals surface area contributed by atoms with Crippen LogP contribution in [-0.2, 0) is 13.7 Å². The van der Waals surface area contributed by atoms with E-state index in [2.05, 4.69) is 15.5 Å². The van der Waals surface area contributed by atoms with Gasteiger partial charge in [0.1, 0.15) is 18.1 Å². The zero-order valence-electron chi connectivity index (χ0n) is 18.6. The molecule has 5 aromatic rings. The Morgan fingerprint density at radius 3 is 2.38 bits per heavy atom. The van der Waals surface area contributed by atoms with Gasteiger partial charge in [0, 0.05) is 30.4 Å². The lowest BCUT2D eigenvalue weighted by Gasteiger charge is -2.15. The molecule has 5 rings (SSSR count). The van der Waals surface area contributed by atoms with Crippen LogP contribution in [-0.4, -0.2) is 29.6 Å². The molecule has 9 heteroatoms. The Balaban J connectivity index is 1.48. The quantitative estimate of drug-likeness (QED) is 0.388. The maximum Gasteiger partial charge on any atom is 0.368 e. The van der Waals surface area contributed by atoms with Crippen molar-refractivity contribution in [2.45, 2.75) is 13.5 Å². The summed E-state index contributed by atoms with van der Waals surface area (Å²) in [5, 5.41) is 12.2.